The highest BCUT2D eigenvalue weighted by Crippen LogP contribution is 2.34. The summed E-state index contributed by atoms with van der Waals surface area (Å²) in [5.41, 5.74) is 7.52. The number of ether oxygens (including phenoxy) is 1. The van der Waals surface area contributed by atoms with Crippen LogP contribution >= 0.6 is 0 Å². The molecular formula is C22H29N3O. The Morgan fingerprint density at radius 2 is 1.81 bits per heavy atom. The number of hydrogen-bond acceptors (Lipinski definition) is 3. The molecule has 0 aliphatic rings. The minimum absolute atomic E-state index is 0.362. The quantitative estimate of drug-likeness (QED) is 0.581. The van der Waals surface area contributed by atoms with E-state index in [1.54, 1.807) is 7.11 Å². The highest BCUT2D eigenvalue weighted by atomic mass is 16.5. The van der Waals surface area contributed by atoms with E-state index in [1.165, 1.54) is 11.1 Å². The Kier molecular flexibility index (Phi) is 5.03. The first kappa shape index (κ1) is 18.4. The monoisotopic (exact) mass is 351 g/mol. The highest BCUT2D eigenvalue weighted by molar-refractivity contribution is 5.85. The van der Waals surface area contributed by atoms with Crippen LogP contribution < -0.4 is 4.74 Å². The topological polar surface area (TPSA) is 39.9 Å². The number of rotatable bonds is 5. The summed E-state index contributed by atoms with van der Waals surface area (Å²) in [5.74, 6) is 1.01. The average Bonchev–Trinajstić information content (AvgIpc) is 2.95. The molecule has 26 heavy (non-hydrogen) atoms. The van der Waals surface area contributed by atoms with Crippen molar-refractivity contribution >= 4 is 11.0 Å². The molecule has 0 bridgehead atoms. The van der Waals surface area contributed by atoms with Crippen LogP contribution in [0.3, 0.4) is 0 Å². The summed E-state index contributed by atoms with van der Waals surface area (Å²) in [6.07, 6.45) is 3.31. The molecule has 138 valence electrons. The molecule has 3 aromatic heterocycles. The molecule has 0 aromatic carbocycles. The molecule has 0 saturated carbocycles. The summed E-state index contributed by atoms with van der Waals surface area (Å²) in [5, 5.41) is 0. The Labute approximate surface area is 156 Å². The van der Waals surface area contributed by atoms with E-state index in [4.69, 9.17) is 9.72 Å². The lowest BCUT2D eigenvalue weighted by molar-refractivity contribution is 0.397. The largest absolute Gasteiger partial charge is 0.480 e. The summed E-state index contributed by atoms with van der Waals surface area (Å²) in [4.78, 5) is 9.71. The van der Waals surface area contributed by atoms with Gasteiger partial charge in [-0.1, -0.05) is 20.8 Å². The van der Waals surface area contributed by atoms with Gasteiger partial charge >= 0.3 is 0 Å². The Morgan fingerprint density at radius 3 is 2.42 bits per heavy atom. The minimum Gasteiger partial charge on any atom is -0.480 e. The fourth-order valence-electron chi connectivity index (χ4n) is 3.37. The molecule has 0 saturated heterocycles. The minimum atomic E-state index is 0.362. The van der Waals surface area contributed by atoms with E-state index in [9.17, 15) is 0 Å². The number of aryl methyl sites for hydroxylation is 2. The van der Waals surface area contributed by atoms with Crippen LogP contribution in [0, 0.1) is 13.8 Å². The molecule has 3 heterocycles. The van der Waals surface area contributed by atoms with E-state index < -0.39 is 0 Å². The third-order valence-corrected chi connectivity index (χ3v) is 5.16. The highest BCUT2D eigenvalue weighted by Gasteiger charge is 2.18. The third-order valence-electron chi connectivity index (χ3n) is 5.16. The number of nitrogens with zero attached hydrogens (tertiary/aromatic N) is 3. The van der Waals surface area contributed by atoms with Gasteiger partial charge in [-0.05, 0) is 62.4 Å². The predicted molar refractivity (Wildman–Crippen MR) is 108 cm³/mol. The van der Waals surface area contributed by atoms with Crippen LogP contribution in [0.5, 0.6) is 5.88 Å². The molecule has 0 aliphatic heterocycles. The standard InChI is InChI=1S/C22H29N3O/c1-8-16(6)25-12-15(5)21-19(25)11-14(4)20(24-21)17-9-10-18(13(2)3)23-22(17)26-7/h9-13,16H,8H2,1-7H3. The molecule has 0 spiro atoms. The summed E-state index contributed by atoms with van der Waals surface area (Å²) in [6, 6.07) is 6.86. The van der Waals surface area contributed by atoms with Crippen molar-refractivity contribution in [1.82, 2.24) is 14.5 Å². The molecule has 0 aliphatic carbocycles. The molecule has 0 fully saturated rings. The molecule has 3 aromatic rings. The lowest BCUT2D eigenvalue weighted by atomic mass is 10.0. The second-order valence-electron chi connectivity index (χ2n) is 7.45. The van der Waals surface area contributed by atoms with E-state index in [0.717, 1.165) is 34.5 Å². The first-order valence-corrected chi connectivity index (χ1v) is 9.41. The fourth-order valence-corrected chi connectivity index (χ4v) is 3.37. The maximum atomic E-state index is 5.59. The van der Waals surface area contributed by atoms with Crippen molar-refractivity contribution in [3.63, 3.8) is 0 Å². The first-order valence-electron chi connectivity index (χ1n) is 9.41. The van der Waals surface area contributed by atoms with E-state index in [1.807, 2.05) is 0 Å². The van der Waals surface area contributed by atoms with Crippen LogP contribution in [0.2, 0.25) is 0 Å². The number of pyridine rings is 2. The van der Waals surface area contributed by atoms with Gasteiger partial charge in [-0.2, -0.15) is 0 Å². The van der Waals surface area contributed by atoms with Crippen molar-refractivity contribution in [2.45, 2.75) is 59.9 Å². The first-order chi connectivity index (χ1) is 12.4. The van der Waals surface area contributed by atoms with Crippen molar-refractivity contribution in [2.75, 3.05) is 7.11 Å². The smallest absolute Gasteiger partial charge is 0.222 e. The van der Waals surface area contributed by atoms with Crippen LogP contribution in [-0.2, 0) is 0 Å². The molecule has 3 rings (SSSR count). The van der Waals surface area contributed by atoms with Crippen LogP contribution in [0.25, 0.3) is 22.3 Å². The van der Waals surface area contributed by atoms with Gasteiger partial charge in [0.15, 0.2) is 0 Å². The maximum Gasteiger partial charge on any atom is 0.222 e. The molecule has 0 amide bonds. The van der Waals surface area contributed by atoms with Crippen LogP contribution in [0.15, 0.2) is 24.4 Å². The molecule has 4 heteroatoms. The van der Waals surface area contributed by atoms with Crippen LogP contribution in [0.1, 0.15) is 62.9 Å². The summed E-state index contributed by atoms with van der Waals surface area (Å²) < 4.78 is 7.93. The lowest BCUT2D eigenvalue weighted by Crippen LogP contribution is -2.03. The maximum absolute atomic E-state index is 5.59. The van der Waals surface area contributed by atoms with Gasteiger partial charge in [-0.25, -0.2) is 9.97 Å². The zero-order valence-corrected chi connectivity index (χ0v) is 16.9. The number of hydrogen-bond donors (Lipinski definition) is 0. The zero-order valence-electron chi connectivity index (χ0n) is 16.9. The van der Waals surface area contributed by atoms with Crippen LogP contribution in [-0.4, -0.2) is 21.6 Å². The van der Waals surface area contributed by atoms with Gasteiger partial charge < -0.3 is 9.30 Å². The fraction of sp³-hybridized carbons (Fsp3) is 0.455. The lowest BCUT2D eigenvalue weighted by Gasteiger charge is -2.15. The normalized spacial score (nSPS) is 12.8. The van der Waals surface area contributed by atoms with E-state index in [0.29, 0.717) is 17.8 Å². The third kappa shape index (κ3) is 3.09. The number of methoxy groups -OCH3 is 1. The van der Waals surface area contributed by atoms with Gasteiger partial charge in [0, 0.05) is 17.9 Å². The van der Waals surface area contributed by atoms with Crippen molar-refractivity contribution in [2.24, 2.45) is 0 Å². The molecule has 4 nitrogen and oxygen atoms in total. The van der Waals surface area contributed by atoms with Gasteiger partial charge in [-0.3, -0.25) is 0 Å². The van der Waals surface area contributed by atoms with Gasteiger partial charge in [-0.15, -0.1) is 0 Å². The Hall–Kier alpha value is -2.36. The van der Waals surface area contributed by atoms with Gasteiger partial charge in [0.1, 0.15) is 0 Å². The summed E-state index contributed by atoms with van der Waals surface area (Å²) in [6.45, 7) is 13.0. The summed E-state index contributed by atoms with van der Waals surface area (Å²) >= 11 is 0. The summed E-state index contributed by atoms with van der Waals surface area (Å²) in [7, 11) is 1.68. The SMILES string of the molecule is CCC(C)n1cc(C)c2nc(-c3ccc(C(C)C)nc3OC)c(C)cc21. The predicted octanol–water partition coefficient (Wildman–Crippen LogP) is 5.82. The van der Waals surface area contributed by atoms with Crippen molar-refractivity contribution in [1.29, 1.82) is 0 Å². The Balaban J connectivity index is 2.21. The molecule has 0 N–H and O–H groups in total. The van der Waals surface area contributed by atoms with Gasteiger partial charge in [0.2, 0.25) is 5.88 Å². The van der Waals surface area contributed by atoms with Gasteiger partial charge in [0.25, 0.3) is 0 Å². The molecule has 1 atom stereocenters. The molecule has 0 radical (unpaired) electrons. The van der Waals surface area contributed by atoms with Crippen molar-refractivity contribution < 1.29 is 4.74 Å². The van der Waals surface area contributed by atoms with Gasteiger partial charge in [0.05, 0.1) is 29.4 Å². The van der Waals surface area contributed by atoms with Crippen molar-refractivity contribution in [3.8, 4) is 17.1 Å². The Morgan fingerprint density at radius 1 is 1.08 bits per heavy atom. The molecule has 1 unspecified atom stereocenters. The zero-order chi connectivity index (χ0) is 19.0. The van der Waals surface area contributed by atoms with E-state index in [-0.39, 0.29) is 0 Å². The van der Waals surface area contributed by atoms with Crippen molar-refractivity contribution in [3.05, 3.63) is 41.2 Å². The molecular weight excluding hydrogens is 322 g/mol. The van der Waals surface area contributed by atoms with E-state index >= 15 is 0 Å². The number of aromatic nitrogens is 3. The Bertz CT molecular complexity index is 940. The van der Waals surface area contributed by atoms with Crippen LogP contribution in [0.4, 0.5) is 0 Å². The second-order valence-corrected chi connectivity index (χ2v) is 7.45. The van der Waals surface area contributed by atoms with E-state index in [2.05, 4.69) is 75.5 Å². The number of fused-ring (bicyclic) bond motifs is 1. The second kappa shape index (κ2) is 7.10. The average molecular weight is 351 g/mol.